The van der Waals surface area contributed by atoms with Crippen LogP contribution in [0.2, 0.25) is 0 Å². The van der Waals surface area contributed by atoms with Gasteiger partial charge in [0.1, 0.15) is 11.9 Å². The van der Waals surface area contributed by atoms with Crippen LogP contribution in [0.4, 0.5) is 10.1 Å². The van der Waals surface area contributed by atoms with Gasteiger partial charge in [-0.25, -0.2) is 4.39 Å². The Bertz CT molecular complexity index is 617. The maximum atomic E-state index is 13.5. The molecule has 0 saturated carbocycles. The van der Waals surface area contributed by atoms with Crippen LogP contribution in [0.1, 0.15) is 17.2 Å². The Morgan fingerprint density at radius 2 is 1.89 bits per heavy atom. The molecule has 1 unspecified atom stereocenters. The molecular formula is C15H12BrFN2. The van der Waals surface area contributed by atoms with Crippen LogP contribution in [0.5, 0.6) is 0 Å². The average molecular weight is 319 g/mol. The first-order valence-electron chi connectivity index (χ1n) is 5.78. The summed E-state index contributed by atoms with van der Waals surface area (Å²) in [5.41, 5.74) is 2.01. The van der Waals surface area contributed by atoms with Crippen molar-refractivity contribution in [3.8, 4) is 6.07 Å². The molecule has 0 bridgehead atoms. The number of nitrogens with one attached hydrogen (secondary N) is 1. The number of hydrogen-bond donors (Lipinski definition) is 1. The number of benzene rings is 2. The van der Waals surface area contributed by atoms with Crippen molar-refractivity contribution in [2.75, 3.05) is 5.32 Å². The van der Waals surface area contributed by atoms with E-state index in [9.17, 15) is 9.65 Å². The van der Waals surface area contributed by atoms with Gasteiger partial charge in [0.2, 0.25) is 0 Å². The number of rotatable bonds is 3. The summed E-state index contributed by atoms with van der Waals surface area (Å²) in [7, 11) is 0. The van der Waals surface area contributed by atoms with E-state index >= 15 is 0 Å². The zero-order valence-corrected chi connectivity index (χ0v) is 11.9. The molecule has 2 rings (SSSR count). The number of hydrogen-bond acceptors (Lipinski definition) is 2. The maximum absolute atomic E-state index is 13.5. The topological polar surface area (TPSA) is 35.8 Å². The second kappa shape index (κ2) is 5.85. The van der Waals surface area contributed by atoms with Gasteiger partial charge in [-0.2, -0.15) is 5.26 Å². The van der Waals surface area contributed by atoms with Crippen LogP contribution < -0.4 is 5.32 Å². The SMILES string of the molecule is Cc1ccc(C(C#N)Nc2ccc(Br)cc2)cc1F. The van der Waals surface area contributed by atoms with Crippen LogP contribution in [-0.2, 0) is 0 Å². The van der Waals surface area contributed by atoms with Gasteiger partial charge in [0.05, 0.1) is 6.07 Å². The Morgan fingerprint density at radius 3 is 2.47 bits per heavy atom. The fourth-order valence-corrected chi connectivity index (χ4v) is 1.96. The molecule has 0 aromatic heterocycles. The molecule has 0 fully saturated rings. The highest BCUT2D eigenvalue weighted by Crippen LogP contribution is 2.22. The summed E-state index contributed by atoms with van der Waals surface area (Å²) in [4.78, 5) is 0. The van der Waals surface area contributed by atoms with E-state index in [1.54, 1.807) is 19.1 Å². The Labute approximate surface area is 120 Å². The van der Waals surface area contributed by atoms with E-state index in [2.05, 4.69) is 27.3 Å². The van der Waals surface area contributed by atoms with Gasteiger partial charge in [-0.15, -0.1) is 0 Å². The molecule has 0 aliphatic rings. The normalized spacial score (nSPS) is 11.7. The number of nitrogens with zero attached hydrogens (tertiary/aromatic N) is 1. The molecule has 96 valence electrons. The Morgan fingerprint density at radius 1 is 1.21 bits per heavy atom. The van der Waals surface area contributed by atoms with Gasteiger partial charge in [-0.1, -0.05) is 28.1 Å². The number of aryl methyl sites for hydroxylation is 1. The minimum atomic E-state index is -0.573. The first kappa shape index (κ1) is 13.6. The molecule has 0 aliphatic heterocycles. The molecule has 0 amide bonds. The van der Waals surface area contributed by atoms with Crippen molar-refractivity contribution >= 4 is 21.6 Å². The molecule has 0 aliphatic carbocycles. The molecule has 0 saturated heterocycles. The van der Waals surface area contributed by atoms with Gasteiger partial charge in [0.15, 0.2) is 0 Å². The minimum Gasteiger partial charge on any atom is -0.366 e. The van der Waals surface area contributed by atoms with Gasteiger partial charge in [-0.3, -0.25) is 0 Å². The smallest absolute Gasteiger partial charge is 0.140 e. The lowest BCUT2D eigenvalue weighted by Gasteiger charge is -2.14. The highest BCUT2D eigenvalue weighted by Gasteiger charge is 2.11. The van der Waals surface area contributed by atoms with Gasteiger partial charge in [-0.05, 0) is 48.4 Å². The largest absolute Gasteiger partial charge is 0.366 e. The van der Waals surface area contributed by atoms with E-state index in [0.717, 1.165) is 10.2 Å². The third-order valence-electron chi connectivity index (χ3n) is 2.81. The first-order chi connectivity index (χ1) is 9.10. The molecule has 1 atom stereocenters. The van der Waals surface area contributed by atoms with Crippen LogP contribution in [0.3, 0.4) is 0 Å². The van der Waals surface area contributed by atoms with Crippen LogP contribution in [-0.4, -0.2) is 0 Å². The number of halogens is 2. The van der Waals surface area contributed by atoms with E-state index in [1.165, 1.54) is 6.07 Å². The molecule has 19 heavy (non-hydrogen) atoms. The molecule has 1 N–H and O–H groups in total. The maximum Gasteiger partial charge on any atom is 0.140 e. The highest BCUT2D eigenvalue weighted by atomic mass is 79.9. The third kappa shape index (κ3) is 3.33. The van der Waals surface area contributed by atoms with Crippen molar-refractivity contribution in [2.24, 2.45) is 0 Å². The lowest BCUT2D eigenvalue weighted by atomic mass is 10.1. The van der Waals surface area contributed by atoms with Crippen LogP contribution in [0, 0.1) is 24.1 Å². The van der Waals surface area contributed by atoms with Gasteiger partial charge < -0.3 is 5.32 Å². The lowest BCUT2D eigenvalue weighted by Crippen LogP contribution is -2.08. The Kier molecular flexibility index (Phi) is 4.18. The molecule has 0 radical (unpaired) electrons. The molecule has 2 aromatic rings. The molecule has 4 heteroatoms. The summed E-state index contributed by atoms with van der Waals surface area (Å²) < 4.78 is 14.5. The number of nitriles is 1. The molecular weight excluding hydrogens is 307 g/mol. The van der Waals surface area contributed by atoms with Crippen molar-refractivity contribution in [3.05, 3.63) is 63.9 Å². The second-order valence-electron chi connectivity index (χ2n) is 4.22. The van der Waals surface area contributed by atoms with E-state index in [4.69, 9.17) is 0 Å². The molecule has 2 nitrogen and oxygen atoms in total. The van der Waals surface area contributed by atoms with Crippen molar-refractivity contribution < 1.29 is 4.39 Å². The van der Waals surface area contributed by atoms with Crippen molar-refractivity contribution in [3.63, 3.8) is 0 Å². The summed E-state index contributed by atoms with van der Waals surface area (Å²) in [6.45, 7) is 1.70. The summed E-state index contributed by atoms with van der Waals surface area (Å²) in [5.74, 6) is -0.296. The van der Waals surface area contributed by atoms with E-state index in [-0.39, 0.29) is 5.82 Å². The van der Waals surface area contributed by atoms with Gasteiger partial charge in [0, 0.05) is 10.2 Å². The monoisotopic (exact) mass is 318 g/mol. The van der Waals surface area contributed by atoms with Crippen molar-refractivity contribution in [1.29, 1.82) is 5.26 Å². The van der Waals surface area contributed by atoms with E-state index in [1.807, 2.05) is 24.3 Å². The highest BCUT2D eigenvalue weighted by molar-refractivity contribution is 9.10. The Balaban J connectivity index is 2.23. The first-order valence-corrected chi connectivity index (χ1v) is 6.57. The van der Waals surface area contributed by atoms with Crippen molar-refractivity contribution in [1.82, 2.24) is 0 Å². The quantitative estimate of drug-likeness (QED) is 0.899. The number of anilines is 1. The summed E-state index contributed by atoms with van der Waals surface area (Å²) in [6.07, 6.45) is 0. The third-order valence-corrected chi connectivity index (χ3v) is 3.34. The second-order valence-corrected chi connectivity index (χ2v) is 5.14. The zero-order valence-electron chi connectivity index (χ0n) is 10.3. The predicted molar refractivity (Wildman–Crippen MR) is 77.3 cm³/mol. The van der Waals surface area contributed by atoms with Crippen LogP contribution in [0.15, 0.2) is 46.9 Å². The zero-order chi connectivity index (χ0) is 13.8. The summed E-state index contributed by atoms with van der Waals surface area (Å²) in [6, 6.07) is 13.9. The predicted octanol–water partition coefficient (Wildman–Crippen LogP) is 4.57. The van der Waals surface area contributed by atoms with Crippen molar-refractivity contribution in [2.45, 2.75) is 13.0 Å². The van der Waals surface area contributed by atoms with Gasteiger partial charge in [0.25, 0.3) is 0 Å². The molecule has 2 aromatic carbocycles. The van der Waals surface area contributed by atoms with Crippen LogP contribution >= 0.6 is 15.9 Å². The average Bonchev–Trinajstić information content (AvgIpc) is 2.41. The fourth-order valence-electron chi connectivity index (χ4n) is 1.69. The standard InChI is InChI=1S/C15H12BrFN2/c1-10-2-3-11(8-14(10)17)15(9-18)19-13-6-4-12(16)5-7-13/h2-8,15,19H,1H3. The fraction of sp³-hybridized carbons (Fsp3) is 0.133. The van der Waals surface area contributed by atoms with E-state index in [0.29, 0.717) is 11.1 Å². The Hall–Kier alpha value is -1.86. The van der Waals surface area contributed by atoms with E-state index < -0.39 is 6.04 Å². The summed E-state index contributed by atoms with van der Waals surface area (Å²) >= 11 is 3.35. The molecule has 0 heterocycles. The van der Waals surface area contributed by atoms with Gasteiger partial charge >= 0.3 is 0 Å². The lowest BCUT2D eigenvalue weighted by molar-refractivity contribution is 0.615. The van der Waals surface area contributed by atoms with Crippen LogP contribution in [0.25, 0.3) is 0 Å². The minimum absolute atomic E-state index is 0.296. The summed E-state index contributed by atoms with van der Waals surface area (Å²) in [5, 5.41) is 12.3. The molecule has 0 spiro atoms.